The summed E-state index contributed by atoms with van der Waals surface area (Å²) < 4.78 is 2.06. The van der Waals surface area contributed by atoms with Gasteiger partial charge in [-0.15, -0.1) is 0 Å². The molecule has 0 atom stereocenters. The van der Waals surface area contributed by atoms with Gasteiger partial charge in [-0.1, -0.05) is 42.0 Å². The predicted octanol–water partition coefficient (Wildman–Crippen LogP) is 2.74. The van der Waals surface area contributed by atoms with Gasteiger partial charge in [0.2, 0.25) is 0 Å². The molecular weight excluding hydrogens is 187 g/mol. The predicted molar refractivity (Wildman–Crippen MR) is 38.1 cm³/mol. The first-order valence-electron chi connectivity index (χ1n) is 2.17. The van der Waals surface area contributed by atoms with Gasteiger partial charge in [0.1, 0.15) is 0 Å². The number of unbranched alkanes of at least 4 members (excludes halogenated alkanes) is 1. The summed E-state index contributed by atoms with van der Waals surface area (Å²) >= 11 is 2.23. The maximum Gasteiger partial charge on any atom is -0.0274 e. The molecule has 0 saturated carbocycles. The fourth-order valence-corrected chi connectivity index (χ4v) is 0.589. The van der Waals surface area contributed by atoms with Crippen LogP contribution in [0, 0.1) is 0 Å². The van der Waals surface area contributed by atoms with Crippen molar-refractivity contribution < 1.29 is 0 Å². The van der Waals surface area contributed by atoms with E-state index in [-0.39, 0.29) is 0 Å². The number of halogens is 1. The van der Waals surface area contributed by atoms with Crippen LogP contribution in [0.4, 0.5) is 0 Å². The molecule has 0 fully saturated rings. The Morgan fingerprint density at radius 1 is 1.67 bits per heavy atom. The van der Waals surface area contributed by atoms with Crippen molar-refractivity contribution in [2.24, 2.45) is 0 Å². The summed E-state index contributed by atoms with van der Waals surface area (Å²) in [5.41, 5.74) is 0. The van der Waals surface area contributed by atoms with E-state index in [0.717, 1.165) is 0 Å². The number of rotatable bonds is 2. The van der Waals surface area contributed by atoms with Gasteiger partial charge in [-0.25, -0.2) is 0 Å². The molecule has 0 amide bonds. The van der Waals surface area contributed by atoms with Gasteiger partial charge in [-0.05, 0) is 10.5 Å². The lowest BCUT2D eigenvalue weighted by molar-refractivity contribution is 0.961. The van der Waals surface area contributed by atoms with E-state index in [9.17, 15) is 0 Å². The number of hydrogen-bond acceptors (Lipinski definition) is 0. The highest BCUT2D eigenvalue weighted by atomic mass is 127. The molecule has 6 heavy (non-hydrogen) atoms. The second-order valence-electron chi connectivity index (χ2n) is 1.15. The lowest BCUT2D eigenvalue weighted by Gasteiger charge is -1.75. The minimum atomic E-state index is 1.23. The van der Waals surface area contributed by atoms with E-state index in [0.29, 0.717) is 0 Å². The Bertz CT molecular complexity index is 39.2. The molecule has 0 bridgehead atoms. The highest BCUT2D eigenvalue weighted by Crippen LogP contribution is 1.90. The molecule has 0 saturated heterocycles. The Labute approximate surface area is 52.8 Å². The molecular formula is C5H9I. The van der Waals surface area contributed by atoms with Crippen LogP contribution in [0.2, 0.25) is 0 Å². The van der Waals surface area contributed by atoms with Crippen LogP contribution in [0.25, 0.3) is 0 Å². The summed E-state index contributed by atoms with van der Waals surface area (Å²) in [6, 6.07) is 0. The van der Waals surface area contributed by atoms with Gasteiger partial charge in [0, 0.05) is 0 Å². The van der Waals surface area contributed by atoms with Crippen LogP contribution >= 0.6 is 22.6 Å². The smallest absolute Gasteiger partial charge is 0.0274 e. The van der Waals surface area contributed by atoms with E-state index in [1.807, 2.05) is 0 Å². The van der Waals surface area contributed by atoms with Gasteiger partial charge < -0.3 is 0 Å². The van der Waals surface area contributed by atoms with Gasteiger partial charge in [0.15, 0.2) is 0 Å². The highest BCUT2D eigenvalue weighted by molar-refractivity contribution is 14.1. The summed E-state index contributed by atoms with van der Waals surface area (Å²) in [5.74, 6) is 0. The SMILES string of the molecule is CCCC=CI. The van der Waals surface area contributed by atoms with Crippen LogP contribution < -0.4 is 0 Å². The minimum Gasteiger partial charge on any atom is -0.0785 e. The van der Waals surface area contributed by atoms with E-state index < -0.39 is 0 Å². The second-order valence-corrected chi connectivity index (χ2v) is 1.87. The maximum atomic E-state index is 2.23. The Hall–Kier alpha value is 0.470. The third-order valence-corrected chi connectivity index (χ3v) is 1.05. The fraction of sp³-hybridized carbons (Fsp3) is 0.600. The quantitative estimate of drug-likeness (QED) is 0.595. The molecule has 0 aromatic carbocycles. The van der Waals surface area contributed by atoms with Gasteiger partial charge in [0.05, 0.1) is 0 Å². The highest BCUT2D eigenvalue weighted by Gasteiger charge is 1.65. The number of hydrogen-bond donors (Lipinski definition) is 0. The molecule has 0 aliphatic carbocycles. The lowest BCUT2D eigenvalue weighted by Crippen LogP contribution is -1.54. The zero-order valence-corrected chi connectivity index (χ0v) is 6.10. The van der Waals surface area contributed by atoms with Gasteiger partial charge in [0.25, 0.3) is 0 Å². The van der Waals surface area contributed by atoms with Crippen molar-refractivity contribution in [3.63, 3.8) is 0 Å². The molecule has 36 valence electrons. The van der Waals surface area contributed by atoms with E-state index in [2.05, 4.69) is 39.7 Å². The molecule has 0 aliphatic heterocycles. The molecule has 0 radical (unpaired) electrons. The molecule has 0 aliphatic rings. The van der Waals surface area contributed by atoms with Crippen LogP contribution in [0.15, 0.2) is 10.2 Å². The summed E-state index contributed by atoms with van der Waals surface area (Å²) in [6.07, 6.45) is 4.66. The normalized spacial score (nSPS) is 10.3. The van der Waals surface area contributed by atoms with Crippen molar-refractivity contribution in [3.8, 4) is 0 Å². The first kappa shape index (κ1) is 6.47. The van der Waals surface area contributed by atoms with Crippen molar-refractivity contribution in [3.05, 3.63) is 10.2 Å². The van der Waals surface area contributed by atoms with Crippen molar-refractivity contribution in [1.29, 1.82) is 0 Å². The largest absolute Gasteiger partial charge is 0.0785 e. The Morgan fingerprint density at radius 3 is 2.50 bits per heavy atom. The van der Waals surface area contributed by atoms with Crippen LogP contribution in [0.3, 0.4) is 0 Å². The van der Waals surface area contributed by atoms with E-state index >= 15 is 0 Å². The minimum absolute atomic E-state index is 1.23. The summed E-state index contributed by atoms with van der Waals surface area (Å²) in [6.45, 7) is 2.18. The maximum absolute atomic E-state index is 2.23. The van der Waals surface area contributed by atoms with Gasteiger partial charge in [-0.2, -0.15) is 0 Å². The first-order valence-corrected chi connectivity index (χ1v) is 3.41. The van der Waals surface area contributed by atoms with Crippen LogP contribution in [0.5, 0.6) is 0 Å². The zero-order valence-electron chi connectivity index (χ0n) is 3.95. The molecule has 0 spiro atoms. The van der Waals surface area contributed by atoms with Crippen LogP contribution in [-0.4, -0.2) is 0 Å². The van der Waals surface area contributed by atoms with Crippen molar-refractivity contribution in [2.75, 3.05) is 0 Å². The third-order valence-electron chi connectivity index (χ3n) is 0.544. The van der Waals surface area contributed by atoms with Crippen molar-refractivity contribution >= 4 is 22.6 Å². The summed E-state index contributed by atoms with van der Waals surface area (Å²) in [7, 11) is 0. The zero-order chi connectivity index (χ0) is 4.83. The molecule has 0 nitrogen and oxygen atoms in total. The standard InChI is InChI=1S/C5H9I/c1-2-3-4-5-6/h4-5H,2-3H2,1H3. The average Bonchev–Trinajstić information content (AvgIpc) is 1.61. The van der Waals surface area contributed by atoms with Gasteiger partial charge >= 0.3 is 0 Å². The first-order chi connectivity index (χ1) is 2.91. The fourth-order valence-electron chi connectivity index (χ4n) is 0.230. The molecule has 0 aromatic rings. The van der Waals surface area contributed by atoms with E-state index in [1.54, 1.807) is 0 Å². The second kappa shape index (κ2) is 5.47. The van der Waals surface area contributed by atoms with Crippen LogP contribution in [-0.2, 0) is 0 Å². The third kappa shape index (κ3) is 4.47. The molecule has 0 N–H and O–H groups in total. The van der Waals surface area contributed by atoms with Crippen molar-refractivity contribution in [1.82, 2.24) is 0 Å². The molecule has 0 rings (SSSR count). The Balaban J connectivity index is 2.66. The van der Waals surface area contributed by atoms with E-state index in [1.165, 1.54) is 12.8 Å². The van der Waals surface area contributed by atoms with Crippen molar-refractivity contribution in [2.45, 2.75) is 19.8 Å². The summed E-state index contributed by atoms with van der Waals surface area (Å²) in [5, 5.41) is 0. The topological polar surface area (TPSA) is 0 Å². The van der Waals surface area contributed by atoms with Crippen LogP contribution in [0.1, 0.15) is 19.8 Å². The summed E-state index contributed by atoms with van der Waals surface area (Å²) in [4.78, 5) is 0. The Morgan fingerprint density at radius 2 is 2.33 bits per heavy atom. The molecule has 0 heterocycles. The van der Waals surface area contributed by atoms with E-state index in [4.69, 9.17) is 0 Å². The number of allylic oxidation sites excluding steroid dienone is 1. The monoisotopic (exact) mass is 196 g/mol. The Kier molecular flexibility index (Phi) is 5.90. The molecule has 0 unspecified atom stereocenters. The average molecular weight is 196 g/mol. The molecule has 1 heteroatoms. The van der Waals surface area contributed by atoms with Gasteiger partial charge in [-0.3, -0.25) is 0 Å². The molecule has 0 aromatic heterocycles. The lowest BCUT2D eigenvalue weighted by atomic mass is 10.3.